The molecule has 0 saturated heterocycles. The van der Waals surface area contributed by atoms with Crippen LogP contribution in [0.15, 0.2) is 24.3 Å². The Labute approximate surface area is 119 Å². The molecule has 3 nitrogen and oxygen atoms in total. The summed E-state index contributed by atoms with van der Waals surface area (Å²) in [6, 6.07) is 6.60. The van der Waals surface area contributed by atoms with E-state index >= 15 is 0 Å². The van der Waals surface area contributed by atoms with Crippen LogP contribution in [0.5, 0.6) is 0 Å². The SMILES string of the molecule is CCCCC(O)c1ccccc1C(=O)O.[H-].[Na+]. The molecule has 0 radical (unpaired) electrons. The molecule has 0 aliphatic carbocycles. The van der Waals surface area contributed by atoms with Gasteiger partial charge in [-0.3, -0.25) is 0 Å². The van der Waals surface area contributed by atoms with Crippen molar-refractivity contribution in [1.29, 1.82) is 0 Å². The number of aliphatic hydroxyl groups is 1. The van der Waals surface area contributed by atoms with Crippen LogP contribution in [0.25, 0.3) is 0 Å². The van der Waals surface area contributed by atoms with Gasteiger partial charge in [0.15, 0.2) is 0 Å². The minimum atomic E-state index is -0.985. The van der Waals surface area contributed by atoms with E-state index in [4.69, 9.17) is 5.11 Å². The Morgan fingerprint density at radius 3 is 2.62 bits per heavy atom. The molecule has 0 amide bonds. The first-order valence-electron chi connectivity index (χ1n) is 5.17. The van der Waals surface area contributed by atoms with Gasteiger partial charge < -0.3 is 11.6 Å². The number of aromatic carboxylic acids is 1. The number of rotatable bonds is 5. The van der Waals surface area contributed by atoms with Crippen molar-refractivity contribution in [3.8, 4) is 0 Å². The van der Waals surface area contributed by atoms with Gasteiger partial charge in [0.2, 0.25) is 0 Å². The first-order valence-corrected chi connectivity index (χ1v) is 5.17. The summed E-state index contributed by atoms with van der Waals surface area (Å²) in [4.78, 5) is 10.9. The van der Waals surface area contributed by atoms with Gasteiger partial charge in [0.05, 0.1) is 11.7 Å². The van der Waals surface area contributed by atoms with Gasteiger partial charge in [0.25, 0.3) is 0 Å². The Hall–Kier alpha value is -0.350. The summed E-state index contributed by atoms with van der Waals surface area (Å²) in [6.45, 7) is 2.04. The van der Waals surface area contributed by atoms with Crippen molar-refractivity contribution >= 4 is 5.97 Å². The normalized spacial score (nSPS) is 11.6. The van der Waals surface area contributed by atoms with E-state index in [9.17, 15) is 9.90 Å². The fourth-order valence-electron chi connectivity index (χ4n) is 1.54. The molecule has 1 aromatic rings. The van der Waals surface area contributed by atoms with Gasteiger partial charge in [-0.1, -0.05) is 38.0 Å². The molecule has 1 aromatic carbocycles. The number of carbonyl (C=O) groups is 1. The molecule has 0 bridgehead atoms. The fourth-order valence-corrected chi connectivity index (χ4v) is 1.54. The Balaban J connectivity index is 0. The second-order valence-corrected chi connectivity index (χ2v) is 3.55. The third kappa shape index (κ3) is 4.26. The van der Waals surface area contributed by atoms with Crippen LogP contribution in [0.2, 0.25) is 0 Å². The molecule has 0 saturated carbocycles. The van der Waals surface area contributed by atoms with Crippen LogP contribution in [0.1, 0.15) is 49.6 Å². The minimum Gasteiger partial charge on any atom is -1.00 e. The zero-order valence-electron chi connectivity index (χ0n) is 10.8. The summed E-state index contributed by atoms with van der Waals surface area (Å²) in [6.07, 6.45) is 1.83. The summed E-state index contributed by atoms with van der Waals surface area (Å²) in [5.74, 6) is -0.985. The number of benzene rings is 1. The van der Waals surface area contributed by atoms with Crippen LogP contribution in [-0.2, 0) is 0 Å². The van der Waals surface area contributed by atoms with Gasteiger partial charge in [0.1, 0.15) is 0 Å². The smallest absolute Gasteiger partial charge is 1.00 e. The maximum atomic E-state index is 10.9. The van der Waals surface area contributed by atoms with Crippen molar-refractivity contribution < 1.29 is 46.0 Å². The molecule has 2 N–H and O–H groups in total. The van der Waals surface area contributed by atoms with Crippen LogP contribution in [0.3, 0.4) is 0 Å². The van der Waals surface area contributed by atoms with Crippen molar-refractivity contribution in [3.63, 3.8) is 0 Å². The average Bonchev–Trinajstić information content (AvgIpc) is 2.25. The maximum absolute atomic E-state index is 10.9. The van der Waals surface area contributed by atoms with Gasteiger partial charge in [-0.15, -0.1) is 0 Å². The predicted molar refractivity (Wildman–Crippen MR) is 59.0 cm³/mol. The molecule has 1 atom stereocenters. The van der Waals surface area contributed by atoms with Gasteiger partial charge in [-0.05, 0) is 18.1 Å². The van der Waals surface area contributed by atoms with Crippen LogP contribution >= 0.6 is 0 Å². The van der Waals surface area contributed by atoms with Crippen LogP contribution in [0, 0.1) is 0 Å². The second kappa shape index (κ2) is 7.85. The van der Waals surface area contributed by atoms with Crippen LogP contribution in [0.4, 0.5) is 0 Å². The number of unbranched alkanes of at least 4 members (excludes halogenated alkanes) is 1. The van der Waals surface area contributed by atoms with Gasteiger partial charge in [-0.2, -0.15) is 0 Å². The molecule has 0 fully saturated rings. The molecule has 84 valence electrons. The number of aliphatic hydroxyl groups excluding tert-OH is 1. The monoisotopic (exact) mass is 232 g/mol. The van der Waals surface area contributed by atoms with Gasteiger partial charge in [0, 0.05) is 0 Å². The van der Waals surface area contributed by atoms with Crippen molar-refractivity contribution in [2.45, 2.75) is 32.3 Å². The number of hydrogen-bond acceptors (Lipinski definition) is 2. The maximum Gasteiger partial charge on any atom is 1.00 e. The fraction of sp³-hybridized carbons (Fsp3) is 0.417. The Morgan fingerprint density at radius 2 is 2.06 bits per heavy atom. The van der Waals surface area contributed by atoms with E-state index in [1.165, 1.54) is 6.07 Å². The zero-order valence-corrected chi connectivity index (χ0v) is 11.8. The molecule has 4 heteroatoms. The molecule has 0 aromatic heterocycles. The molecule has 0 aliphatic heterocycles. The summed E-state index contributed by atoms with van der Waals surface area (Å²) in [5, 5.41) is 18.7. The van der Waals surface area contributed by atoms with Crippen molar-refractivity contribution in [2.75, 3.05) is 0 Å². The van der Waals surface area contributed by atoms with Crippen molar-refractivity contribution in [2.24, 2.45) is 0 Å². The second-order valence-electron chi connectivity index (χ2n) is 3.55. The van der Waals surface area contributed by atoms with E-state index in [0.717, 1.165) is 12.8 Å². The largest absolute Gasteiger partial charge is 1.00 e. The van der Waals surface area contributed by atoms with Crippen molar-refractivity contribution in [1.82, 2.24) is 0 Å². The van der Waals surface area contributed by atoms with Crippen LogP contribution < -0.4 is 29.6 Å². The van der Waals surface area contributed by atoms with E-state index < -0.39 is 12.1 Å². The van der Waals surface area contributed by atoms with E-state index in [0.29, 0.717) is 12.0 Å². The molecule has 1 rings (SSSR count). The first kappa shape index (κ1) is 15.7. The zero-order chi connectivity index (χ0) is 11.3. The van der Waals surface area contributed by atoms with E-state index in [1.54, 1.807) is 18.2 Å². The molecule has 0 heterocycles. The minimum absolute atomic E-state index is 0. The summed E-state index contributed by atoms with van der Waals surface area (Å²) in [5.41, 5.74) is 0.708. The molecule has 0 aliphatic rings. The molecular weight excluding hydrogens is 215 g/mol. The van der Waals surface area contributed by atoms with Crippen molar-refractivity contribution in [3.05, 3.63) is 35.4 Å². The molecule has 0 spiro atoms. The third-order valence-corrected chi connectivity index (χ3v) is 2.38. The molecule has 1 unspecified atom stereocenters. The molecular formula is C12H17NaO3. The third-order valence-electron chi connectivity index (χ3n) is 2.38. The van der Waals surface area contributed by atoms with Gasteiger partial charge >= 0.3 is 35.5 Å². The van der Waals surface area contributed by atoms with Crippen LogP contribution in [-0.4, -0.2) is 16.2 Å². The van der Waals surface area contributed by atoms with E-state index in [2.05, 4.69) is 0 Å². The van der Waals surface area contributed by atoms with Gasteiger partial charge in [-0.25, -0.2) is 4.79 Å². The Morgan fingerprint density at radius 1 is 1.44 bits per heavy atom. The summed E-state index contributed by atoms with van der Waals surface area (Å²) >= 11 is 0. The Bertz CT molecular complexity index is 344. The Kier molecular flexibility index (Phi) is 7.68. The quantitative estimate of drug-likeness (QED) is 0.687. The van der Waals surface area contributed by atoms with E-state index in [1.807, 2.05) is 6.92 Å². The average molecular weight is 232 g/mol. The standard InChI is InChI=1S/C12H16O3.Na.H/c1-2-3-8-11(13)9-6-4-5-7-10(9)12(14)15;;/h4-7,11,13H,2-3,8H2,1H3,(H,14,15);;/q;+1;-1. The summed E-state index contributed by atoms with van der Waals surface area (Å²) < 4.78 is 0. The molecule has 16 heavy (non-hydrogen) atoms. The number of hydrogen-bond donors (Lipinski definition) is 2. The number of carboxylic acid groups (broad SMARTS) is 1. The topological polar surface area (TPSA) is 57.5 Å². The first-order chi connectivity index (χ1) is 7.16. The predicted octanol–water partition coefficient (Wildman–Crippen LogP) is -0.275. The summed E-state index contributed by atoms with van der Waals surface area (Å²) in [7, 11) is 0. The van der Waals surface area contributed by atoms with E-state index in [-0.39, 0.29) is 36.5 Å². The number of carboxylic acids is 1.